The quantitative estimate of drug-likeness (QED) is 0.852. The zero-order chi connectivity index (χ0) is 11.5. The molecule has 2 N–H and O–H groups in total. The van der Waals surface area contributed by atoms with Gasteiger partial charge in [0.15, 0.2) is 0 Å². The first-order chi connectivity index (χ1) is 7.70. The van der Waals surface area contributed by atoms with Crippen LogP contribution in [0.1, 0.15) is 27.0 Å². The third kappa shape index (κ3) is 1.95. The Morgan fingerprint density at radius 3 is 2.81 bits per heavy atom. The number of carboxylic acid groups (broad SMARTS) is 1. The minimum Gasteiger partial charge on any atom is -0.478 e. The van der Waals surface area contributed by atoms with E-state index in [1.54, 1.807) is 29.8 Å². The molecule has 0 aliphatic carbocycles. The van der Waals surface area contributed by atoms with Crippen LogP contribution < -0.4 is 0 Å². The maximum absolute atomic E-state index is 10.9. The van der Waals surface area contributed by atoms with Gasteiger partial charge >= 0.3 is 5.97 Å². The van der Waals surface area contributed by atoms with Crippen molar-refractivity contribution in [3.05, 3.63) is 52.0 Å². The van der Waals surface area contributed by atoms with E-state index >= 15 is 0 Å². The zero-order valence-electron chi connectivity index (χ0n) is 8.20. The van der Waals surface area contributed by atoms with Crippen LogP contribution in [0.4, 0.5) is 0 Å². The van der Waals surface area contributed by atoms with E-state index in [1.165, 1.54) is 17.4 Å². The second-order valence-electron chi connectivity index (χ2n) is 3.16. The summed E-state index contributed by atoms with van der Waals surface area (Å²) < 4.78 is 0. The number of aromatic nitrogens is 1. The summed E-state index contributed by atoms with van der Waals surface area (Å²) in [6.07, 6.45) is 0.583. The number of aliphatic hydroxyl groups is 1. The molecule has 0 saturated carbocycles. The highest BCUT2D eigenvalue weighted by Gasteiger charge is 2.20. The molecule has 2 heterocycles. The molecule has 0 aliphatic heterocycles. The molecule has 4 nitrogen and oxygen atoms in total. The van der Waals surface area contributed by atoms with Gasteiger partial charge in [-0.15, -0.1) is 11.3 Å². The number of aliphatic hydroxyl groups excluding tert-OH is 1. The fourth-order valence-corrected chi connectivity index (χ4v) is 2.26. The van der Waals surface area contributed by atoms with Crippen molar-refractivity contribution >= 4 is 17.3 Å². The van der Waals surface area contributed by atoms with Crippen molar-refractivity contribution in [2.24, 2.45) is 0 Å². The molecule has 0 bridgehead atoms. The summed E-state index contributed by atoms with van der Waals surface area (Å²) in [7, 11) is 0. The molecule has 0 spiro atoms. The predicted octanol–water partition coefficient (Wildman–Crippen LogP) is 1.92. The molecule has 1 atom stereocenters. The van der Waals surface area contributed by atoms with Gasteiger partial charge in [-0.05, 0) is 23.6 Å². The van der Waals surface area contributed by atoms with Crippen LogP contribution in [0.5, 0.6) is 0 Å². The molecule has 0 fully saturated rings. The fourth-order valence-electron chi connectivity index (χ4n) is 1.38. The summed E-state index contributed by atoms with van der Waals surface area (Å²) in [5.74, 6) is -1.04. The van der Waals surface area contributed by atoms with Gasteiger partial charge in [-0.1, -0.05) is 6.07 Å². The number of aromatic carboxylic acids is 1. The van der Waals surface area contributed by atoms with E-state index in [2.05, 4.69) is 4.98 Å². The highest BCUT2D eigenvalue weighted by atomic mass is 32.1. The Hall–Kier alpha value is -1.72. The molecule has 0 radical (unpaired) electrons. The summed E-state index contributed by atoms with van der Waals surface area (Å²) in [6.45, 7) is 0. The van der Waals surface area contributed by atoms with Crippen molar-refractivity contribution < 1.29 is 15.0 Å². The van der Waals surface area contributed by atoms with Crippen molar-refractivity contribution in [1.82, 2.24) is 4.98 Å². The lowest BCUT2D eigenvalue weighted by molar-refractivity contribution is 0.0692. The first kappa shape index (κ1) is 10.8. The van der Waals surface area contributed by atoms with Crippen LogP contribution in [0, 0.1) is 0 Å². The Balaban J connectivity index is 2.38. The molecular formula is C11H9NO3S. The normalized spacial score (nSPS) is 12.3. The Morgan fingerprint density at radius 1 is 1.38 bits per heavy atom. The topological polar surface area (TPSA) is 70.4 Å². The number of hydrogen-bond acceptors (Lipinski definition) is 4. The maximum atomic E-state index is 10.9. The van der Waals surface area contributed by atoms with Crippen LogP contribution in [0.15, 0.2) is 35.8 Å². The van der Waals surface area contributed by atoms with Crippen LogP contribution in [-0.4, -0.2) is 21.2 Å². The Bertz CT molecular complexity index is 495. The van der Waals surface area contributed by atoms with E-state index in [9.17, 15) is 9.90 Å². The van der Waals surface area contributed by atoms with Gasteiger partial charge in [-0.2, -0.15) is 0 Å². The smallest absolute Gasteiger partial charge is 0.336 e. The highest BCUT2D eigenvalue weighted by Crippen LogP contribution is 2.28. The second-order valence-corrected chi connectivity index (χ2v) is 4.11. The minimum absolute atomic E-state index is 0.128. The molecule has 16 heavy (non-hydrogen) atoms. The van der Waals surface area contributed by atoms with Gasteiger partial charge in [0.1, 0.15) is 6.10 Å². The van der Waals surface area contributed by atoms with E-state index < -0.39 is 12.1 Å². The van der Waals surface area contributed by atoms with Gasteiger partial charge in [0.05, 0.1) is 16.1 Å². The maximum Gasteiger partial charge on any atom is 0.336 e. The number of hydrogen-bond donors (Lipinski definition) is 2. The summed E-state index contributed by atoms with van der Waals surface area (Å²) in [5.41, 5.74) is 0.579. The van der Waals surface area contributed by atoms with E-state index in [0.29, 0.717) is 10.6 Å². The molecule has 0 aliphatic rings. The van der Waals surface area contributed by atoms with Crippen molar-refractivity contribution in [1.29, 1.82) is 0 Å². The monoisotopic (exact) mass is 235 g/mol. The number of pyridine rings is 1. The SMILES string of the molecule is O=C(O)c1ccsc1C(O)c1ccccn1. The second kappa shape index (κ2) is 4.42. The number of carbonyl (C=O) groups is 1. The molecule has 0 saturated heterocycles. The van der Waals surface area contributed by atoms with Crippen molar-refractivity contribution in [3.63, 3.8) is 0 Å². The first-order valence-corrected chi connectivity index (χ1v) is 5.48. The molecule has 2 rings (SSSR count). The summed E-state index contributed by atoms with van der Waals surface area (Å²) >= 11 is 1.21. The third-order valence-corrected chi connectivity index (χ3v) is 3.11. The first-order valence-electron chi connectivity index (χ1n) is 4.60. The summed E-state index contributed by atoms with van der Waals surface area (Å²) in [4.78, 5) is 15.3. The van der Waals surface area contributed by atoms with E-state index in [1.807, 2.05) is 0 Å². The summed E-state index contributed by atoms with van der Waals surface area (Å²) in [5, 5.41) is 20.6. The Labute approximate surface area is 95.8 Å². The van der Waals surface area contributed by atoms with Gasteiger partial charge < -0.3 is 10.2 Å². The highest BCUT2D eigenvalue weighted by molar-refractivity contribution is 7.10. The fraction of sp³-hybridized carbons (Fsp3) is 0.0909. The predicted molar refractivity (Wildman–Crippen MR) is 59.6 cm³/mol. The third-order valence-electron chi connectivity index (χ3n) is 2.14. The van der Waals surface area contributed by atoms with E-state index in [-0.39, 0.29) is 5.56 Å². The van der Waals surface area contributed by atoms with Crippen molar-refractivity contribution in [2.75, 3.05) is 0 Å². The van der Waals surface area contributed by atoms with Gasteiger partial charge in [0, 0.05) is 6.20 Å². The van der Waals surface area contributed by atoms with Crippen LogP contribution in [0.25, 0.3) is 0 Å². The molecule has 5 heteroatoms. The number of thiophene rings is 1. The number of carboxylic acids is 1. The zero-order valence-corrected chi connectivity index (χ0v) is 9.02. The van der Waals surface area contributed by atoms with Crippen molar-refractivity contribution in [2.45, 2.75) is 6.10 Å². The van der Waals surface area contributed by atoms with Crippen LogP contribution in [0.3, 0.4) is 0 Å². The van der Waals surface area contributed by atoms with Crippen LogP contribution in [-0.2, 0) is 0 Å². The lowest BCUT2D eigenvalue weighted by Gasteiger charge is -2.08. The molecular weight excluding hydrogens is 226 g/mol. The average molecular weight is 235 g/mol. The van der Waals surface area contributed by atoms with Crippen molar-refractivity contribution in [3.8, 4) is 0 Å². The number of nitrogens with zero attached hydrogens (tertiary/aromatic N) is 1. The standard InChI is InChI=1S/C11H9NO3S/c13-9(8-3-1-2-5-12-8)10-7(11(14)15)4-6-16-10/h1-6,9,13H,(H,14,15). The van der Waals surface area contributed by atoms with Crippen LogP contribution in [0.2, 0.25) is 0 Å². The van der Waals surface area contributed by atoms with Gasteiger partial charge in [0.25, 0.3) is 0 Å². The van der Waals surface area contributed by atoms with E-state index in [0.717, 1.165) is 0 Å². The molecule has 1 unspecified atom stereocenters. The molecule has 0 amide bonds. The molecule has 2 aromatic rings. The van der Waals surface area contributed by atoms with E-state index in [4.69, 9.17) is 5.11 Å². The lowest BCUT2D eigenvalue weighted by Crippen LogP contribution is -2.05. The van der Waals surface area contributed by atoms with Gasteiger partial charge in [-0.3, -0.25) is 4.98 Å². The molecule has 82 valence electrons. The largest absolute Gasteiger partial charge is 0.478 e. The summed E-state index contributed by atoms with van der Waals surface area (Å²) in [6, 6.07) is 6.63. The number of rotatable bonds is 3. The Kier molecular flexibility index (Phi) is 2.98. The Morgan fingerprint density at radius 2 is 2.19 bits per heavy atom. The minimum atomic E-state index is -1.04. The average Bonchev–Trinajstić information content (AvgIpc) is 2.78. The lowest BCUT2D eigenvalue weighted by atomic mass is 10.1. The molecule has 2 aromatic heterocycles. The molecule has 0 aromatic carbocycles. The van der Waals surface area contributed by atoms with Gasteiger partial charge in [-0.25, -0.2) is 4.79 Å². The van der Waals surface area contributed by atoms with Gasteiger partial charge in [0.2, 0.25) is 0 Å². The van der Waals surface area contributed by atoms with Crippen LogP contribution >= 0.6 is 11.3 Å².